The monoisotopic (exact) mass is 461 g/mol. The summed E-state index contributed by atoms with van der Waals surface area (Å²) in [7, 11) is 1.80. The minimum absolute atomic E-state index is 0.0384. The van der Waals surface area contributed by atoms with E-state index >= 15 is 0 Å². The van der Waals surface area contributed by atoms with Gasteiger partial charge in [0.2, 0.25) is 0 Å². The number of carbonyl (C=O) groups is 2. The number of pyridine rings is 1. The molecule has 2 atom stereocenters. The summed E-state index contributed by atoms with van der Waals surface area (Å²) < 4.78 is 1.68. The molecule has 10 heteroatoms. The second-order valence-electron chi connectivity index (χ2n) is 8.55. The fourth-order valence-electron chi connectivity index (χ4n) is 4.57. The van der Waals surface area contributed by atoms with Crippen molar-refractivity contribution >= 4 is 17.8 Å². The summed E-state index contributed by atoms with van der Waals surface area (Å²) >= 11 is 0. The lowest BCUT2D eigenvalue weighted by Crippen LogP contribution is -2.49. The molecule has 2 amide bonds. The van der Waals surface area contributed by atoms with E-state index in [0.29, 0.717) is 11.4 Å². The van der Waals surface area contributed by atoms with Crippen molar-refractivity contribution < 1.29 is 14.4 Å². The molecular weight excluding hydrogens is 434 g/mol. The molecule has 2 saturated heterocycles. The lowest BCUT2D eigenvalue weighted by Gasteiger charge is -2.34. The molecule has 0 saturated carbocycles. The molecule has 34 heavy (non-hydrogen) atoms. The zero-order valence-electron chi connectivity index (χ0n) is 19.1. The second-order valence-corrected chi connectivity index (χ2v) is 8.55. The first-order chi connectivity index (χ1) is 16.5. The van der Waals surface area contributed by atoms with Gasteiger partial charge in [-0.15, -0.1) is 5.48 Å². The number of amides is 2. The topological polar surface area (TPSA) is 113 Å². The van der Waals surface area contributed by atoms with Crippen molar-refractivity contribution in [1.82, 2.24) is 30.9 Å². The number of benzene rings is 1. The molecule has 176 valence electrons. The molecule has 0 aliphatic carbocycles. The van der Waals surface area contributed by atoms with Crippen molar-refractivity contribution in [3.63, 3.8) is 0 Å². The van der Waals surface area contributed by atoms with Crippen LogP contribution in [0.4, 0.5) is 10.6 Å². The highest BCUT2D eigenvalue weighted by Crippen LogP contribution is 2.30. The Hall–Kier alpha value is -3.76. The van der Waals surface area contributed by atoms with Gasteiger partial charge in [-0.3, -0.25) is 19.7 Å². The molecule has 2 fully saturated rings. The Kier molecular flexibility index (Phi) is 5.99. The smallest absolute Gasteiger partial charge is 0.351 e. The normalized spacial score (nSPS) is 20.0. The minimum atomic E-state index is -0.541. The van der Waals surface area contributed by atoms with Gasteiger partial charge in [0.25, 0.3) is 5.91 Å². The van der Waals surface area contributed by atoms with Crippen molar-refractivity contribution in [3.8, 4) is 11.1 Å². The van der Waals surface area contributed by atoms with Crippen LogP contribution in [0.3, 0.4) is 0 Å². The summed E-state index contributed by atoms with van der Waals surface area (Å²) in [4.78, 5) is 36.4. The molecule has 4 heterocycles. The van der Waals surface area contributed by atoms with Crippen LogP contribution in [0.15, 0.2) is 48.8 Å². The quantitative estimate of drug-likeness (QED) is 0.535. The number of aromatic nitrogens is 3. The van der Waals surface area contributed by atoms with E-state index in [2.05, 4.69) is 26.2 Å². The average molecular weight is 462 g/mol. The molecule has 2 aromatic heterocycles. The molecule has 5 rings (SSSR count). The fraction of sp³-hybridized carbons (Fsp3) is 0.333. The maximum Gasteiger partial charge on any atom is 0.427 e. The molecule has 3 N–H and O–H groups in total. The number of hydrogen-bond acceptors (Lipinski definition) is 7. The van der Waals surface area contributed by atoms with Crippen LogP contribution in [0.1, 0.15) is 40.6 Å². The van der Waals surface area contributed by atoms with Crippen LogP contribution in [0.5, 0.6) is 0 Å². The van der Waals surface area contributed by atoms with E-state index in [1.165, 1.54) is 0 Å². The predicted molar refractivity (Wildman–Crippen MR) is 126 cm³/mol. The van der Waals surface area contributed by atoms with Gasteiger partial charge < -0.3 is 10.2 Å². The standard InChI is InChI=1S/C24H27N7O3/c1-15-5-3-12-26-22(15)31(18-6-4-11-25-13-18)23(32)17-9-7-16(8-10-17)19-14-27-30(2)20(19)21-28-24(33)34-29-21/h3,5,7-10,12,14,18,21,25,29H,4,6,11,13H2,1-2H3,(H,28,33)/t18-,21?/m1/s1. The van der Waals surface area contributed by atoms with Crippen LogP contribution < -0.4 is 21.0 Å². The molecule has 10 nitrogen and oxygen atoms in total. The van der Waals surface area contributed by atoms with Gasteiger partial charge in [0, 0.05) is 30.9 Å². The van der Waals surface area contributed by atoms with E-state index in [4.69, 9.17) is 4.84 Å². The third-order valence-corrected chi connectivity index (χ3v) is 6.30. The van der Waals surface area contributed by atoms with Crippen molar-refractivity contribution in [2.24, 2.45) is 7.05 Å². The number of rotatable bonds is 5. The number of hydrogen-bond donors (Lipinski definition) is 3. The summed E-state index contributed by atoms with van der Waals surface area (Å²) in [6.07, 6.45) is 4.34. The van der Waals surface area contributed by atoms with E-state index in [0.717, 1.165) is 48.3 Å². The molecule has 1 unspecified atom stereocenters. The van der Waals surface area contributed by atoms with Crippen LogP contribution in [0.2, 0.25) is 0 Å². The largest absolute Gasteiger partial charge is 0.427 e. The third-order valence-electron chi connectivity index (χ3n) is 6.30. The van der Waals surface area contributed by atoms with Crippen LogP contribution in [-0.2, 0) is 11.9 Å². The van der Waals surface area contributed by atoms with Gasteiger partial charge in [-0.2, -0.15) is 5.10 Å². The Morgan fingerprint density at radius 3 is 2.74 bits per heavy atom. The Morgan fingerprint density at radius 1 is 1.24 bits per heavy atom. The van der Waals surface area contributed by atoms with Gasteiger partial charge in [0.05, 0.1) is 17.9 Å². The molecule has 0 bridgehead atoms. The summed E-state index contributed by atoms with van der Waals surface area (Å²) in [6.45, 7) is 3.68. The highest BCUT2D eigenvalue weighted by atomic mass is 16.7. The van der Waals surface area contributed by atoms with Gasteiger partial charge in [0.1, 0.15) is 5.82 Å². The highest BCUT2D eigenvalue weighted by molar-refractivity contribution is 6.06. The zero-order valence-corrected chi connectivity index (χ0v) is 19.1. The minimum Gasteiger partial charge on any atom is -0.351 e. The maximum absolute atomic E-state index is 13.7. The number of nitrogens with one attached hydrogen (secondary N) is 3. The number of carbonyl (C=O) groups excluding carboxylic acids is 2. The van der Waals surface area contributed by atoms with E-state index in [9.17, 15) is 9.59 Å². The van der Waals surface area contributed by atoms with Crippen molar-refractivity contribution in [3.05, 3.63) is 65.6 Å². The van der Waals surface area contributed by atoms with Crippen molar-refractivity contribution in [2.75, 3.05) is 18.0 Å². The molecular formula is C24H27N7O3. The lowest BCUT2D eigenvalue weighted by atomic mass is 10.0. The van der Waals surface area contributed by atoms with Crippen LogP contribution in [0, 0.1) is 6.92 Å². The fourth-order valence-corrected chi connectivity index (χ4v) is 4.57. The number of anilines is 1. The molecule has 3 aromatic rings. The Morgan fingerprint density at radius 2 is 2.06 bits per heavy atom. The second kappa shape index (κ2) is 9.24. The van der Waals surface area contributed by atoms with Gasteiger partial charge in [-0.25, -0.2) is 9.78 Å². The number of hydroxylamine groups is 1. The van der Waals surface area contributed by atoms with E-state index < -0.39 is 12.3 Å². The van der Waals surface area contributed by atoms with Crippen LogP contribution in [-0.4, -0.2) is 45.9 Å². The van der Waals surface area contributed by atoms with Crippen LogP contribution >= 0.6 is 0 Å². The summed E-state index contributed by atoms with van der Waals surface area (Å²) in [5.41, 5.74) is 6.68. The van der Waals surface area contributed by atoms with E-state index in [1.54, 1.807) is 24.1 Å². The van der Waals surface area contributed by atoms with Crippen molar-refractivity contribution in [2.45, 2.75) is 32.0 Å². The molecule has 1 aromatic carbocycles. The lowest BCUT2D eigenvalue weighted by molar-refractivity contribution is 0.0971. The number of aryl methyl sites for hydroxylation is 2. The van der Waals surface area contributed by atoms with Gasteiger partial charge in [-0.1, -0.05) is 18.2 Å². The van der Waals surface area contributed by atoms with Gasteiger partial charge in [0.15, 0.2) is 6.17 Å². The average Bonchev–Trinajstić information content (AvgIpc) is 3.46. The first kappa shape index (κ1) is 22.1. The Labute approximate surface area is 197 Å². The van der Waals surface area contributed by atoms with Gasteiger partial charge in [-0.05, 0) is 55.6 Å². The SMILES string of the molecule is Cc1cccnc1N(C(=O)c1ccc(-c2cnn(C)c2C2NOC(=O)N2)cc1)[C@@H]1CCCNC1. The zero-order chi connectivity index (χ0) is 23.7. The molecule has 2 aliphatic heterocycles. The van der Waals surface area contributed by atoms with Crippen LogP contribution in [0.25, 0.3) is 11.1 Å². The van der Waals surface area contributed by atoms with Crippen molar-refractivity contribution in [1.29, 1.82) is 0 Å². The summed E-state index contributed by atoms with van der Waals surface area (Å²) in [5, 5.41) is 10.4. The summed E-state index contributed by atoms with van der Waals surface area (Å²) in [6, 6.07) is 11.3. The molecule has 2 aliphatic rings. The third kappa shape index (κ3) is 4.13. The Bertz CT molecular complexity index is 1200. The number of piperidine rings is 1. The molecule has 0 spiro atoms. The van der Waals surface area contributed by atoms with E-state index in [1.807, 2.05) is 48.2 Å². The number of nitrogens with zero attached hydrogens (tertiary/aromatic N) is 4. The predicted octanol–water partition coefficient (Wildman–Crippen LogP) is 2.43. The molecule has 0 radical (unpaired) electrons. The van der Waals surface area contributed by atoms with E-state index in [-0.39, 0.29) is 11.9 Å². The Balaban J connectivity index is 1.45. The van der Waals surface area contributed by atoms with Gasteiger partial charge >= 0.3 is 6.09 Å². The highest BCUT2D eigenvalue weighted by Gasteiger charge is 2.31. The maximum atomic E-state index is 13.7. The first-order valence-corrected chi connectivity index (χ1v) is 11.3. The first-order valence-electron chi connectivity index (χ1n) is 11.3. The summed E-state index contributed by atoms with van der Waals surface area (Å²) in [5.74, 6) is 0.620.